The van der Waals surface area contributed by atoms with E-state index in [1.807, 2.05) is 4.90 Å². The van der Waals surface area contributed by atoms with Gasteiger partial charge in [-0.1, -0.05) is 16.9 Å². The van der Waals surface area contributed by atoms with Crippen LogP contribution in [0.2, 0.25) is 0 Å². The molecule has 2 aromatic rings. The maximum atomic E-state index is 11.9. The Morgan fingerprint density at radius 3 is 3.05 bits per heavy atom. The molecule has 3 heterocycles. The van der Waals surface area contributed by atoms with E-state index in [0.717, 1.165) is 0 Å². The average Bonchev–Trinajstić information content (AvgIpc) is 3.00. The van der Waals surface area contributed by atoms with Crippen molar-refractivity contribution in [3.8, 4) is 0 Å². The van der Waals surface area contributed by atoms with Crippen LogP contribution in [0.15, 0.2) is 16.0 Å². The fraction of sp³-hybridized carbons (Fsp3) is 0.600. The van der Waals surface area contributed by atoms with Gasteiger partial charge in [-0.05, 0) is 0 Å². The van der Waals surface area contributed by atoms with E-state index in [1.165, 1.54) is 22.6 Å². The summed E-state index contributed by atoms with van der Waals surface area (Å²) in [4.78, 5) is 13.7. The van der Waals surface area contributed by atoms with Crippen molar-refractivity contribution >= 4 is 23.5 Å². The Hall–Kier alpha value is -1.61. The molecule has 0 radical (unpaired) electrons. The molecule has 0 unspecified atom stereocenters. The lowest BCUT2D eigenvalue weighted by molar-refractivity contribution is -0.134. The molecule has 0 atom stereocenters. The van der Waals surface area contributed by atoms with Crippen LogP contribution in [0.4, 0.5) is 0 Å². The molecule has 102 valence electrons. The first-order valence-electron chi connectivity index (χ1n) is 5.98. The fourth-order valence-electron chi connectivity index (χ4n) is 1.80. The SMILES string of the molecule is O=C(CCSc1nn2cnnc2o1)N1CCOCC1. The Labute approximate surface area is 113 Å². The van der Waals surface area contributed by atoms with E-state index in [0.29, 0.717) is 49.5 Å². The molecule has 0 spiro atoms. The fourth-order valence-corrected chi connectivity index (χ4v) is 2.53. The van der Waals surface area contributed by atoms with E-state index >= 15 is 0 Å². The summed E-state index contributed by atoms with van der Waals surface area (Å²) >= 11 is 1.40. The van der Waals surface area contributed by atoms with Crippen LogP contribution in [-0.2, 0) is 9.53 Å². The molecule has 1 fully saturated rings. The zero-order chi connectivity index (χ0) is 13.1. The van der Waals surface area contributed by atoms with E-state index in [-0.39, 0.29) is 5.91 Å². The Morgan fingerprint density at radius 1 is 1.42 bits per heavy atom. The largest absolute Gasteiger partial charge is 0.396 e. The van der Waals surface area contributed by atoms with Crippen molar-refractivity contribution in [3.05, 3.63) is 6.33 Å². The molecule has 1 amide bonds. The number of hydrogen-bond acceptors (Lipinski definition) is 7. The Balaban J connectivity index is 1.47. The molecule has 2 aromatic heterocycles. The van der Waals surface area contributed by atoms with Crippen molar-refractivity contribution in [1.29, 1.82) is 0 Å². The van der Waals surface area contributed by atoms with Gasteiger partial charge in [-0.15, -0.1) is 10.2 Å². The summed E-state index contributed by atoms with van der Waals surface area (Å²) in [7, 11) is 0. The zero-order valence-electron chi connectivity index (χ0n) is 10.2. The van der Waals surface area contributed by atoms with Gasteiger partial charge in [-0.3, -0.25) is 4.79 Å². The average molecular weight is 283 g/mol. The van der Waals surface area contributed by atoms with Crippen molar-refractivity contribution in [2.45, 2.75) is 11.6 Å². The van der Waals surface area contributed by atoms with Crippen LogP contribution in [0, 0.1) is 0 Å². The monoisotopic (exact) mass is 283 g/mol. The third-order valence-electron chi connectivity index (χ3n) is 2.77. The van der Waals surface area contributed by atoms with Gasteiger partial charge < -0.3 is 14.1 Å². The summed E-state index contributed by atoms with van der Waals surface area (Å²) < 4.78 is 12.0. The van der Waals surface area contributed by atoms with Gasteiger partial charge >= 0.3 is 5.84 Å². The molecule has 19 heavy (non-hydrogen) atoms. The highest BCUT2D eigenvalue weighted by molar-refractivity contribution is 7.99. The normalized spacial score (nSPS) is 16.1. The minimum absolute atomic E-state index is 0.147. The van der Waals surface area contributed by atoms with Crippen LogP contribution in [0.25, 0.3) is 5.84 Å². The third kappa shape index (κ3) is 2.87. The highest BCUT2D eigenvalue weighted by atomic mass is 32.2. The number of rotatable bonds is 4. The van der Waals surface area contributed by atoms with E-state index in [2.05, 4.69) is 15.3 Å². The summed E-state index contributed by atoms with van der Waals surface area (Å²) in [6.07, 6.45) is 1.94. The number of carbonyl (C=O) groups is 1. The van der Waals surface area contributed by atoms with E-state index in [4.69, 9.17) is 9.15 Å². The number of hydrogen-bond donors (Lipinski definition) is 0. The number of aromatic nitrogens is 4. The quantitative estimate of drug-likeness (QED) is 0.733. The van der Waals surface area contributed by atoms with Crippen LogP contribution in [0.3, 0.4) is 0 Å². The lowest BCUT2D eigenvalue weighted by atomic mass is 10.3. The Morgan fingerprint density at radius 2 is 2.26 bits per heavy atom. The van der Waals surface area contributed by atoms with Crippen molar-refractivity contribution < 1.29 is 13.9 Å². The highest BCUT2D eigenvalue weighted by Crippen LogP contribution is 2.18. The van der Waals surface area contributed by atoms with Gasteiger partial charge in [-0.25, -0.2) is 0 Å². The van der Waals surface area contributed by atoms with Gasteiger partial charge in [0.25, 0.3) is 5.22 Å². The number of ether oxygens (including phenoxy) is 1. The van der Waals surface area contributed by atoms with Gasteiger partial charge in [0.2, 0.25) is 5.91 Å². The first-order chi connectivity index (χ1) is 9.33. The molecule has 1 aliphatic heterocycles. The summed E-state index contributed by atoms with van der Waals surface area (Å²) in [5, 5.41) is 12.0. The third-order valence-corrected chi connectivity index (χ3v) is 3.59. The first-order valence-corrected chi connectivity index (χ1v) is 6.96. The van der Waals surface area contributed by atoms with E-state index in [9.17, 15) is 4.79 Å². The van der Waals surface area contributed by atoms with Crippen LogP contribution < -0.4 is 0 Å². The molecule has 8 nitrogen and oxygen atoms in total. The highest BCUT2D eigenvalue weighted by Gasteiger charge is 2.17. The van der Waals surface area contributed by atoms with Gasteiger partial charge in [0.15, 0.2) is 0 Å². The molecular weight excluding hydrogens is 270 g/mol. The number of amides is 1. The maximum Gasteiger partial charge on any atom is 0.345 e. The van der Waals surface area contributed by atoms with Gasteiger partial charge in [0.05, 0.1) is 13.2 Å². The molecular formula is C10H13N5O3S. The van der Waals surface area contributed by atoms with Crippen molar-refractivity contribution in [1.82, 2.24) is 24.7 Å². The number of carbonyl (C=O) groups excluding carboxylic acids is 1. The van der Waals surface area contributed by atoms with Crippen molar-refractivity contribution in [2.75, 3.05) is 32.1 Å². The second-order valence-electron chi connectivity index (χ2n) is 4.02. The molecule has 3 rings (SSSR count). The van der Waals surface area contributed by atoms with Gasteiger partial charge in [0.1, 0.15) is 6.33 Å². The number of nitrogens with zero attached hydrogens (tertiary/aromatic N) is 5. The molecule has 0 saturated carbocycles. The van der Waals surface area contributed by atoms with Crippen LogP contribution >= 0.6 is 11.8 Å². The molecule has 1 saturated heterocycles. The number of fused-ring (bicyclic) bond motifs is 1. The second-order valence-corrected chi connectivity index (χ2v) is 5.06. The van der Waals surface area contributed by atoms with Crippen LogP contribution in [0.1, 0.15) is 6.42 Å². The summed E-state index contributed by atoms with van der Waals surface area (Å²) in [6.45, 7) is 2.62. The van der Waals surface area contributed by atoms with Gasteiger partial charge in [0, 0.05) is 25.3 Å². The summed E-state index contributed by atoms with van der Waals surface area (Å²) in [5.41, 5.74) is 0. The predicted octanol–water partition coefficient (Wildman–Crippen LogP) is 0.0583. The summed E-state index contributed by atoms with van der Waals surface area (Å²) in [6, 6.07) is 0. The molecule has 0 aromatic carbocycles. The summed E-state index contributed by atoms with van der Waals surface area (Å²) in [5.74, 6) is 1.14. The molecule has 0 bridgehead atoms. The van der Waals surface area contributed by atoms with Crippen molar-refractivity contribution in [3.63, 3.8) is 0 Å². The topological polar surface area (TPSA) is 85.8 Å². The zero-order valence-corrected chi connectivity index (χ0v) is 11.0. The predicted molar refractivity (Wildman–Crippen MR) is 65.8 cm³/mol. The van der Waals surface area contributed by atoms with E-state index in [1.54, 1.807) is 0 Å². The molecule has 9 heteroatoms. The molecule has 0 aliphatic carbocycles. The number of morpholine rings is 1. The smallest absolute Gasteiger partial charge is 0.345 e. The van der Waals surface area contributed by atoms with Gasteiger partial charge in [-0.2, -0.15) is 4.52 Å². The first kappa shape index (κ1) is 12.4. The van der Waals surface area contributed by atoms with Crippen molar-refractivity contribution in [2.24, 2.45) is 0 Å². The lowest BCUT2D eigenvalue weighted by Crippen LogP contribution is -2.40. The maximum absolute atomic E-state index is 11.9. The van der Waals surface area contributed by atoms with Crippen LogP contribution in [-0.4, -0.2) is 62.7 Å². The Kier molecular flexibility index (Phi) is 3.65. The minimum atomic E-state index is 0.147. The van der Waals surface area contributed by atoms with E-state index < -0.39 is 0 Å². The Bertz CT molecular complexity index is 534. The second kappa shape index (κ2) is 5.57. The molecule has 0 N–H and O–H groups in total. The lowest BCUT2D eigenvalue weighted by Gasteiger charge is -2.26. The van der Waals surface area contributed by atoms with Crippen LogP contribution in [0.5, 0.6) is 0 Å². The standard InChI is InChI=1S/C10H13N5O3S/c16-8(14-2-4-17-5-3-14)1-6-19-10-13-15-7-11-12-9(15)18-10/h7H,1-6H2. The number of thioether (sulfide) groups is 1. The minimum Gasteiger partial charge on any atom is -0.396 e. The molecule has 1 aliphatic rings.